The van der Waals surface area contributed by atoms with Gasteiger partial charge in [0.25, 0.3) is 0 Å². The van der Waals surface area contributed by atoms with Crippen molar-refractivity contribution in [3.05, 3.63) is 206 Å². The van der Waals surface area contributed by atoms with Crippen molar-refractivity contribution >= 4 is 49.3 Å². The summed E-state index contributed by atoms with van der Waals surface area (Å²) in [5.41, 5.74) is 12.3. The maximum atomic E-state index is 7.30. The summed E-state index contributed by atoms with van der Waals surface area (Å²) in [6.07, 6.45) is 0. The van der Waals surface area contributed by atoms with Gasteiger partial charge in [-0.15, -0.1) is 0 Å². The third-order valence-electron chi connectivity index (χ3n) is 11.0. The van der Waals surface area contributed by atoms with Crippen LogP contribution in [0.2, 0.25) is 0 Å². The Kier molecular flexibility index (Phi) is 7.76. The van der Waals surface area contributed by atoms with E-state index in [0.29, 0.717) is 23.3 Å². The first-order valence-corrected chi connectivity index (χ1v) is 19.2. The van der Waals surface area contributed by atoms with E-state index in [9.17, 15) is 0 Å². The van der Waals surface area contributed by atoms with Gasteiger partial charge >= 0.3 is 0 Å². The van der Waals surface area contributed by atoms with Crippen LogP contribution in [0.3, 0.4) is 0 Å². The van der Waals surface area contributed by atoms with Crippen molar-refractivity contribution in [1.82, 2.24) is 24.1 Å². The molecule has 270 valence electrons. The van der Waals surface area contributed by atoms with Crippen LogP contribution in [0.5, 0.6) is 0 Å². The highest BCUT2D eigenvalue weighted by Gasteiger charge is 2.19. The lowest BCUT2D eigenvalue weighted by molar-refractivity contribution is 0.953. The van der Waals surface area contributed by atoms with Gasteiger partial charge in [0.2, 0.25) is 5.95 Å². The van der Waals surface area contributed by atoms with E-state index >= 15 is 0 Å². The van der Waals surface area contributed by atoms with Crippen molar-refractivity contribution in [2.75, 3.05) is 0 Å². The predicted octanol–water partition coefficient (Wildman–Crippen LogP) is 13.3. The molecular weight excluding hydrogens is 709 g/mol. The number of fused-ring (bicyclic) bond motifs is 6. The van der Waals surface area contributed by atoms with Crippen LogP contribution in [0, 0.1) is 6.57 Å². The summed E-state index contributed by atoms with van der Waals surface area (Å²) >= 11 is 0. The van der Waals surface area contributed by atoms with Crippen LogP contribution < -0.4 is 0 Å². The standard InChI is InChI=1S/C52H32N6/c1-53-40-28-24-35(25-29-40)34-20-22-37(23-21-34)51-54-50(36-12-4-2-5-13-36)55-52(56-51)58-47-19-11-9-17-43(47)45-32-38(27-31-48(45)58)39-26-30-44-42-16-8-10-18-46(42)57(49(44)33-39)41-14-6-3-7-15-41/h2-33H. The van der Waals surface area contributed by atoms with Crippen LogP contribution in [-0.2, 0) is 0 Å². The van der Waals surface area contributed by atoms with Crippen molar-refractivity contribution in [3.63, 3.8) is 0 Å². The molecule has 0 atom stereocenters. The Morgan fingerprint density at radius 3 is 1.52 bits per heavy atom. The van der Waals surface area contributed by atoms with E-state index < -0.39 is 0 Å². The number of hydrogen-bond acceptors (Lipinski definition) is 3. The molecule has 8 aromatic carbocycles. The normalized spacial score (nSPS) is 11.4. The van der Waals surface area contributed by atoms with Gasteiger partial charge in [0.05, 0.1) is 28.6 Å². The number of para-hydroxylation sites is 3. The summed E-state index contributed by atoms with van der Waals surface area (Å²) in [5.74, 6) is 1.74. The average Bonchev–Trinajstić information content (AvgIpc) is 3.82. The number of benzene rings is 8. The minimum atomic E-state index is 0.551. The zero-order valence-corrected chi connectivity index (χ0v) is 31.2. The number of nitrogens with zero attached hydrogens (tertiary/aromatic N) is 6. The number of hydrogen-bond donors (Lipinski definition) is 0. The fraction of sp³-hybridized carbons (Fsp3) is 0. The van der Waals surface area contributed by atoms with Gasteiger partial charge in [0.1, 0.15) is 0 Å². The zero-order chi connectivity index (χ0) is 38.6. The minimum absolute atomic E-state index is 0.551. The quantitative estimate of drug-likeness (QED) is 0.160. The van der Waals surface area contributed by atoms with Crippen LogP contribution in [0.1, 0.15) is 0 Å². The van der Waals surface area contributed by atoms with E-state index in [-0.39, 0.29) is 0 Å². The molecule has 0 bridgehead atoms. The second kappa shape index (κ2) is 13.6. The van der Waals surface area contributed by atoms with Crippen LogP contribution >= 0.6 is 0 Å². The van der Waals surface area contributed by atoms with Gasteiger partial charge in [0.15, 0.2) is 17.3 Å². The van der Waals surface area contributed by atoms with Gasteiger partial charge in [-0.05, 0) is 64.7 Å². The molecule has 0 saturated heterocycles. The lowest BCUT2D eigenvalue weighted by atomic mass is 10.0. The molecule has 11 rings (SSSR count). The molecule has 0 fully saturated rings. The first-order chi connectivity index (χ1) is 28.7. The van der Waals surface area contributed by atoms with Crippen molar-refractivity contribution in [2.45, 2.75) is 0 Å². The van der Waals surface area contributed by atoms with Gasteiger partial charge in [-0.25, -0.2) is 9.83 Å². The van der Waals surface area contributed by atoms with Crippen molar-refractivity contribution in [1.29, 1.82) is 0 Å². The van der Waals surface area contributed by atoms with Crippen molar-refractivity contribution in [2.24, 2.45) is 0 Å². The van der Waals surface area contributed by atoms with Crippen molar-refractivity contribution < 1.29 is 0 Å². The molecule has 0 saturated carbocycles. The summed E-state index contributed by atoms with van der Waals surface area (Å²) in [7, 11) is 0. The van der Waals surface area contributed by atoms with Gasteiger partial charge in [-0.3, -0.25) is 4.57 Å². The third kappa shape index (κ3) is 5.53. The molecule has 0 radical (unpaired) electrons. The van der Waals surface area contributed by atoms with Gasteiger partial charge < -0.3 is 4.57 Å². The van der Waals surface area contributed by atoms with E-state index in [1.165, 1.54) is 21.8 Å². The molecule has 11 aromatic rings. The second-order valence-electron chi connectivity index (χ2n) is 14.4. The first kappa shape index (κ1) is 33.2. The monoisotopic (exact) mass is 740 g/mol. The summed E-state index contributed by atoms with van der Waals surface area (Å²) < 4.78 is 4.53. The largest absolute Gasteiger partial charge is 0.309 e. The van der Waals surface area contributed by atoms with E-state index in [4.69, 9.17) is 21.5 Å². The molecule has 0 N–H and O–H groups in total. The third-order valence-corrected chi connectivity index (χ3v) is 11.0. The van der Waals surface area contributed by atoms with Crippen LogP contribution in [0.4, 0.5) is 5.69 Å². The fourth-order valence-electron chi connectivity index (χ4n) is 8.22. The SMILES string of the molecule is [C-]#[N+]c1ccc(-c2ccc(-c3nc(-c4ccccc4)nc(-n4c5ccccc5c5cc(-c6ccc7c8ccccc8n(-c8ccccc8)c7c6)ccc54)n3)cc2)cc1. The maximum Gasteiger partial charge on any atom is 0.238 e. The topological polar surface area (TPSA) is 52.9 Å². The molecule has 0 aliphatic rings. The van der Waals surface area contributed by atoms with Crippen molar-refractivity contribution in [3.8, 4) is 56.7 Å². The molecule has 0 amide bonds. The first-order valence-electron chi connectivity index (χ1n) is 19.2. The molecule has 0 spiro atoms. The fourth-order valence-corrected chi connectivity index (χ4v) is 8.22. The lowest BCUT2D eigenvalue weighted by Crippen LogP contribution is -2.06. The molecule has 58 heavy (non-hydrogen) atoms. The van der Waals surface area contributed by atoms with E-state index in [1.54, 1.807) is 0 Å². The number of aromatic nitrogens is 5. The van der Waals surface area contributed by atoms with Gasteiger partial charge in [0, 0.05) is 38.4 Å². The average molecular weight is 741 g/mol. The maximum absolute atomic E-state index is 7.30. The molecule has 3 heterocycles. The van der Waals surface area contributed by atoms with Crippen LogP contribution in [0.15, 0.2) is 194 Å². The molecule has 6 heteroatoms. The molecule has 0 aliphatic heterocycles. The summed E-state index contributed by atoms with van der Waals surface area (Å²) in [5, 5.41) is 4.70. The molecule has 0 aliphatic carbocycles. The Balaban J connectivity index is 1.07. The molecular formula is C52H32N6. The Morgan fingerprint density at radius 1 is 0.345 bits per heavy atom. The smallest absolute Gasteiger partial charge is 0.238 e. The highest BCUT2D eigenvalue weighted by Crippen LogP contribution is 2.38. The lowest BCUT2D eigenvalue weighted by Gasteiger charge is -2.11. The molecule has 3 aromatic heterocycles. The Bertz CT molecular complexity index is 3370. The minimum Gasteiger partial charge on any atom is -0.309 e. The van der Waals surface area contributed by atoms with Gasteiger partial charge in [-0.1, -0.05) is 152 Å². The van der Waals surface area contributed by atoms with Crippen LogP contribution in [-0.4, -0.2) is 24.1 Å². The Hall–Kier alpha value is -8.14. The highest BCUT2D eigenvalue weighted by molar-refractivity contribution is 6.12. The summed E-state index contributed by atoms with van der Waals surface area (Å²) in [6, 6.07) is 67.2. The second-order valence-corrected chi connectivity index (χ2v) is 14.4. The Labute approximate surface area is 334 Å². The van der Waals surface area contributed by atoms with E-state index in [0.717, 1.165) is 60.9 Å². The zero-order valence-electron chi connectivity index (χ0n) is 31.2. The number of rotatable bonds is 6. The van der Waals surface area contributed by atoms with Gasteiger partial charge in [-0.2, -0.15) is 9.97 Å². The Morgan fingerprint density at radius 2 is 0.828 bits per heavy atom. The predicted molar refractivity (Wildman–Crippen MR) is 237 cm³/mol. The summed E-state index contributed by atoms with van der Waals surface area (Å²) in [4.78, 5) is 18.9. The summed E-state index contributed by atoms with van der Waals surface area (Å²) in [6.45, 7) is 7.30. The van der Waals surface area contributed by atoms with E-state index in [2.05, 4.69) is 154 Å². The highest BCUT2D eigenvalue weighted by atomic mass is 15.2. The molecule has 6 nitrogen and oxygen atoms in total. The molecule has 0 unspecified atom stereocenters. The van der Waals surface area contributed by atoms with E-state index in [1.807, 2.05) is 54.6 Å². The van der Waals surface area contributed by atoms with Crippen LogP contribution in [0.25, 0.3) is 105 Å².